The van der Waals surface area contributed by atoms with Gasteiger partial charge < -0.3 is 14.9 Å². The minimum Gasteiger partial charge on any atom is -0.393 e. The Morgan fingerprint density at radius 2 is 2.10 bits per heavy atom. The summed E-state index contributed by atoms with van der Waals surface area (Å²) >= 11 is 0. The van der Waals surface area contributed by atoms with Crippen LogP contribution in [0.3, 0.4) is 0 Å². The highest BCUT2D eigenvalue weighted by Crippen LogP contribution is 2.53. The lowest BCUT2D eigenvalue weighted by Gasteiger charge is -2.43. The first-order valence-corrected chi connectivity index (χ1v) is 8.59. The number of allylic oxidation sites excluding steroid dienone is 1. The molecule has 0 amide bonds. The number of hydrogen-bond donors (Lipinski definition) is 2. The largest absolute Gasteiger partial charge is 0.393 e. The van der Waals surface area contributed by atoms with Gasteiger partial charge in [-0.05, 0) is 62.4 Å². The standard InChI is InChI=1S/C18H32O3/c1-5-18(20,6-2)12-21-13(3)14-9-10-15-16(19)8-7-11-17(14,15)4/h9,13,15-16,19-20H,5-8,10-12H2,1-4H3/t13-,15?,16-,17?/m0/s1. The molecule has 2 aliphatic rings. The maximum Gasteiger partial charge on any atom is 0.0875 e. The van der Waals surface area contributed by atoms with Gasteiger partial charge in [-0.2, -0.15) is 0 Å². The Labute approximate surface area is 129 Å². The first kappa shape index (κ1) is 17.0. The fraction of sp³-hybridized carbons (Fsp3) is 0.889. The van der Waals surface area contributed by atoms with Crippen molar-refractivity contribution in [1.82, 2.24) is 0 Å². The minimum absolute atomic E-state index is 0.0231. The summed E-state index contributed by atoms with van der Waals surface area (Å²) < 4.78 is 6.02. The molecule has 2 rings (SSSR count). The molecule has 0 saturated heterocycles. The summed E-state index contributed by atoms with van der Waals surface area (Å²) in [4.78, 5) is 0. The number of hydrogen-bond acceptors (Lipinski definition) is 3. The monoisotopic (exact) mass is 296 g/mol. The molecule has 21 heavy (non-hydrogen) atoms. The second kappa shape index (κ2) is 6.39. The number of ether oxygens (including phenoxy) is 1. The van der Waals surface area contributed by atoms with Gasteiger partial charge >= 0.3 is 0 Å². The second-order valence-corrected chi connectivity index (χ2v) is 7.26. The van der Waals surface area contributed by atoms with E-state index in [1.54, 1.807) is 0 Å². The van der Waals surface area contributed by atoms with Gasteiger partial charge in [-0.1, -0.05) is 26.8 Å². The molecule has 2 unspecified atom stereocenters. The van der Waals surface area contributed by atoms with Gasteiger partial charge in [-0.15, -0.1) is 0 Å². The SMILES string of the molecule is CCC(O)(CC)CO[C@@H](C)C1=CCC2[C@@H](O)CCCC12C. The molecular formula is C18H32O3. The lowest BCUT2D eigenvalue weighted by molar-refractivity contribution is -0.0723. The van der Waals surface area contributed by atoms with Gasteiger partial charge in [-0.3, -0.25) is 0 Å². The van der Waals surface area contributed by atoms with E-state index in [1.165, 1.54) is 5.57 Å². The molecule has 0 radical (unpaired) electrons. The average Bonchev–Trinajstić information content (AvgIpc) is 2.83. The van der Waals surface area contributed by atoms with Crippen molar-refractivity contribution >= 4 is 0 Å². The van der Waals surface area contributed by atoms with Gasteiger partial charge in [0.2, 0.25) is 0 Å². The van der Waals surface area contributed by atoms with Crippen LogP contribution < -0.4 is 0 Å². The van der Waals surface area contributed by atoms with Crippen LogP contribution in [0, 0.1) is 11.3 Å². The van der Waals surface area contributed by atoms with Crippen LogP contribution in [0.1, 0.15) is 66.2 Å². The molecule has 0 bridgehead atoms. The third kappa shape index (κ3) is 3.20. The van der Waals surface area contributed by atoms with Crippen LogP contribution in [-0.4, -0.2) is 34.6 Å². The topological polar surface area (TPSA) is 49.7 Å². The Kier molecular flexibility index (Phi) is 5.17. The molecule has 122 valence electrons. The van der Waals surface area contributed by atoms with Crippen molar-refractivity contribution in [1.29, 1.82) is 0 Å². The summed E-state index contributed by atoms with van der Waals surface area (Å²) in [5.41, 5.74) is 0.703. The van der Waals surface area contributed by atoms with Crippen molar-refractivity contribution in [2.75, 3.05) is 6.61 Å². The molecule has 0 spiro atoms. The van der Waals surface area contributed by atoms with E-state index in [9.17, 15) is 10.2 Å². The average molecular weight is 296 g/mol. The van der Waals surface area contributed by atoms with Gasteiger partial charge in [0.25, 0.3) is 0 Å². The molecule has 0 aromatic rings. The zero-order chi connectivity index (χ0) is 15.7. The summed E-state index contributed by atoms with van der Waals surface area (Å²) in [6.45, 7) is 8.76. The van der Waals surface area contributed by atoms with Crippen molar-refractivity contribution < 1.29 is 14.9 Å². The molecule has 0 aliphatic heterocycles. The summed E-state index contributed by atoms with van der Waals surface area (Å²) in [6.07, 6.45) is 7.69. The van der Waals surface area contributed by atoms with E-state index in [4.69, 9.17) is 4.74 Å². The van der Waals surface area contributed by atoms with Crippen LogP contribution in [0.25, 0.3) is 0 Å². The van der Waals surface area contributed by atoms with Crippen LogP contribution in [0.15, 0.2) is 11.6 Å². The van der Waals surface area contributed by atoms with E-state index in [1.807, 2.05) is 13.8 Å². The van der Waals surface area contributed by atoms with Crippen molar-refractivity contribution in [2.45, 2.75) is 84.0 Å². The van der Waals surface area contributed by atoms with E-state index < -0.39 is 5.60 Å². The third-order valence-corrected chi connectivity index (χ3v) is 6.09. The van der Waals surface area contributed by atoms with Gasteiger partial charge in [-0.25, -0.2) is 0 Å². The van der Waals surface area contributed by atoms with Crippen LogP contribution in [0.2, 0.25) is 0 Å². The normalized spacial score (nSPS) is 34.5. The highest BCUT2D eigenvalue weighted by atomic mass is 16.5. The smallest absolute Gasteiger partial charge is 0.0875 e. The Hall–Kier alpha value is -0.380. The van der Waals surface area contributed by atoms with Crippen molar-refractivity contribution in [3.8, 4) is 0 Å². The third-order valence-electron chi connectivity index (χ3n) is 6.09. The molecule has 0 aromatic heterocycles. The summed E-state index contributed by atoms with van der Waals surface area (Å²) in [5.74, 6) is 0.350. The molecule has 2 N–H and O–H groups in total. The molecule has 1 fully saturated rings. The highest BCUT2D eigenvalue weighted by molar-refractivity contribution is 5.27. The molecule has 0 aromatic carbocycles. The molecule has 3 nitrogen and oxygen atoms in total. The van der Waals surface area contributed by atoms with Gasteiger partial charge in [0, 0.05) is 0 Å². The van der Waals surface area contributed by atoms with E-state index in [-0.39, 0.29) is 17.6 Å². The van der Waals surface area contributed by atoms with E-state index in [0.717, 1.165) is 25.7 Å². The fourth-order valence-corrected chi connectivity index (χ4v) is 4.21. The lowest BCUT2D eigenvalue weighted by atomic mass is 9.64. The Morgan fingerprint density at radius 1 is 1.43 bits per heavy atom. The fourth-order valence-electron chi connectivity index (χ4n) is 4.21. The maximum atomic E-state index is 10.4. The number of fused-ring (bicyclic) bond motifs is 1. The van der Waals surface area contributed by atoms with E-state index in [2.05, 4.69) is 19.9 Å². The number of aliphatic hydroxyl groups excluding tert-OH is 1. The zero-order valence-corrected chi connectivity index (χ0v) is 14.1. The predicted octanol–water partition coefficient (Wildman–Crippen LogP) is 3.44. The maximum absolute atomic E-state index is 10.4. The number of aliphatic hydroxyl groups is 2. The van der Waals surface area contributed by atoms with Crippen LogP contribution in [-0.2, 0) is 4.74 Å². The Morgan fingerprint density at radius 3 is 2.71 bits per heavy atom. The molecular weight excluding hydrogens is 264 g/mol. The molecule has 2 aliphatic carbocycles. The van der Waals surface area contributed by atoms with Gasteiger partial charge in [0.1, 0.15) is 0 Å². The van der Waals surface area contributed by atoms with Crippen molar-refractivity contribution in [2.24, 2.45) is 11.3 Å². The molecule has 0 heterocycles. The Bertz CT molecular complexity index is 386. The van der Waals surface area contributed by atoms with Crippen molar-refractivity contribution in [3.63, 3.8) is 0 Å². The lowest BCUT2D eigenvalue weighted by Crippen LogP contribution is -2.41. The predicted molar refractivity (Wildman–Crippen MR) is 85.1 cm³/mol. The minimum atomic E-state index is -0.709. The number of rotatable bonds is 6. The van der Waals surface area contributed by atoms with E-state index >= 15 is 0 Å². The molecule has 3 heteroatoms. The summed E-state index contributed by atoms with van der Waals surface area (Å²) in [6, 6.07) is 0. The van der Waals surface area contributed by atoms with Crippen molar-refractivity contribution in [3.05, 3.63) is 11.6 Å². The van der Waals surface area contributed by atoms with Gasteiger partial charge in [0.15, 0.2) is 0 Å². The molecule has 4 atom stereocenters. The van der Waals surface area contributed by atoms with E-state index in [0.29, 0.717) is 25.4 Å². The summed E-state index contributed by atoms with van der Waals surface area (Å²) in [7, 11) is 0. The van der Waals surface area contributed by atoms with Crippen LogP contribution in [0.5, 0.6) is 0 Å². The second-order valence-electron chi connectivity index (χ2n) is 7.26. The first-order chi connectivity index (χ1) is 9.86. The highest BCUT2D eigenvalue weighted by Gasteiger charge is 2.48. The van der Waals surface area contributed by atoms with Gasteiger partial charge in [0.05, 0.1) is 24.4 Å². The van der Waals surface area contributed by atoms with Crippen LogP contribution in [0.4, 0.5) is 0 Å². The Balaban J connectivity index is 2.01. The zero-order valence-electron chi connectivity index (χ0n) is 14.1. The molecule has 1 saturated carbocycles. The first-order valence-electron chi connectivity index (χ1n) is 8.59. The quantitative estimate of drug-likeness (QED) is 0.738. The summed E-state index contributed by atoms with van der Waals surface area (Å²) in [5, 5.41) is 20.6. The van der Waals surface area contributed by atoms with Crippen LogP contribution >= 0.6 is 0 Å².